The van der Waals surface area contributed by atoms with Crippen molar-refractivity contribution in [1.82, 2.24) is 5.32 Å². The number of ether oxygens (including phenoxy) is 2. The van der Waals surface area contributed by atoms with Gasteiger partial charge in [0, 0.05) is 10.0 Å². The molecule has 2 rings (SSSR count). The largest absolute Gasteiger partial charge is 0.497 e. The van der Waals surface area contributed by atoms with E-state index in [2.05, 4.69) is 21.2 Å². The quantitative estimate of drug-likeness (QED) is 0.628. The van der Waals surface area contributed by atoms with Gasteiger partial charge in [-0.05, 0) is 42.0 Å². The fourth-order valence-electron chi connectivity index (χ4n) is 1.95. The van der Waals surface area contributed by atoms with E-state index in [9.17, 15) is 9.59 Å². The molecule has 124 valence electrons. The van der Waals surface area contributed by atoms with Crippen LogP contribution in [-0.2, 0) is 9.53 Å². The Labute approximate surface area is 148 Å². The first kappa shape index (κ1) is 17.7. The zero-order valence-electron chi connectivity index (χ0n) is 13.2. The Morgan fingerprint density at radius 1 is 1.08 bits per heavy atom. The lowest BCUT2D eigenvalue weighted by Crippen LogP contribution is -2.28. The fourth-order valence-corrected chi connectivity index (χ4v) is 2.35. The van der Waals surface area contributed by atoms with Crippen LogP contribution in [0.1, 0.15) is 15.9 Å². The topological polar surface area (TPSA) is 64.6 Å². The summed E-state index contributed by atoms with van der Waals surface area (Å²) in [6.45, 7) is 0. The van der Waals surface area contributed by atoms with Crippen molar-refractivity contribution in [2.24, 2.45) is 0 Å². The summed E-state index contributed by atoms with van der Waals surface area (Å²) in [6, 6.07) is 13.9. The summed E-state index contributed by atoms with van der Waals surface area (Å²) in [6.07, 6.45) is 1.54. The van der Waals surface area contributed by atoms with E-state index < -0.39 is 11.9 Å². The molecule has 0 aliphatic heterocycles. The van der Waals surface area contributed by atoms with Crippen molar-refractivity contribution in [3.8, 4) is 5.75 Å². The fraction of sp³-hybridized carbons (Fsp3) is 0.111. The number of hydrogen-bond donors (Lipinski definition) is 1. The highest BCUT2D eigenvalue weighted by Gasteiger charge is 2.15. The highest BCUT2D eigenvalue weighted by atomic mass is 79.9. The zero-order valence-corrected chi connectivity index (χ0v) is 14.8. The number of methoxy groups -OCH3 is 2. The lowest BCUT2D eigenvalue weighted by Gasteiger charge is -2.09. The van der Waals surface area contributed by atoms with Gasteiger partial charge in [-0.2, -0.15) is 0 Å². The van der Waals surface area contributed by atoms with E-state index >= 15 is 0 Å². The first-order valence-electron chi connectivity index (χ1n) is 7.04. The first-order chi connectivity index (χ1) is 11.5. The number of nitrogens with one attached hydrogen (secondary N) is 1. The van der Waals surface area contributed by atoms with E-state index in [1.165, 1.54) is 7.11 Å². The number of carbonyl (C=O) groups excluding carboxylic acids is 2. The number of benzene rings is 2. The summed E-state index contributed by atoms with van der Waals surface area (Å²) in [5.74, 6) is -0.333. The first-order valence-corrected chi connectivity index (χ1v) is 7.84. The van der Waals surface area contributed by atoms with Crippen molar-refractivity contribution in [3.05, 3.63) is 69.8 Å². The van der Waals surface area contributed by atoms with Crippen LogP contribution in [0.5, 0.6) is 5.75 Å². The van der Waals surface area contributed by atoms with Crippen LogP contribution in [0.4, 0.5) is 0 Å². The minimum absolute atomic E-state index is 0.0487. The monoisotopic (exact) mass is 389 g/mol. The van der Waals surface area contributed by atoms with Gasteiger partial charge in [-0.15, -0.1) is 0 Å². The minimum Gasteiger partial charge on any atom is -0.497 e. The summed E-state index contributed by atoms with van der Waals surface area (Å²) >= 11 is 3.31. The predicted molar refractivity (Wildman–Crippen MR) is 94.6 cm³/mol. The van der Waals surface area contributed by atoms with E-state index in [4.69, 9.17) is 9.47 Å². The molecule has 1 N–H and O–H groups in total. The molecule has 0 heterocycles. The molecule has 0 radical (unpaired) electrons. The number of halogens is 1. The average Bonchev–Trinajstić information content (AvgIpc) is 2.61. The number of rotatable bonds is 5. The molecular formula is C18H16BrNO4. The molecule has 2 aromatic carbocycles. The molecule has 6 heteroatoms. The maximum Gasteiger partial charge on any atom is 0.354 e. The lowest BCUT2D eigenvalue weighted by molar-refractivity contribution is -0.136. The van der Waals surface area contributed by atoms with Crippen molar-refractivity contribution in [1.29, 1.82) is 0 Å². The van der Waals surface area contributed by atoms with Gasteiger partial charge in [-0.25, -0.2) is 4.79 Å². The van der Waals surface area contributed by atoms with Gasteiger partial charge < -0.3 is 14.8 Å². The normalized spacial score (nSPS) is 10.9. The van der Waals surface area contributed by atoms with Gasteiger partial charge in [0.25, 0.3) is 5.91 Å². The number of esters is 1. The van der Waals surface area contributed by atoms with Crippen molar-refractivity contribution in [3.63, 3.8) is 0 Å². The van der Waals surface area contributed by atoms with E-state index in [1.54, 1.807) is 55.7 Å². The summed E-state index contributed by atoms with van der Waals surface area (Å²) in [4.78, 5) is 24.3. The van der Waals surface area contributed by atoms with Crippen LogP contribution in [0.25, 0.3) is 6.08 Å². The van der Waals surface area contributed by atoms with Gasteiger partial charge in [0.1, 0.15) is 11.4 Å². The zero-order chi connectivity index (χ0) is 17.5. The lowest BCUT2D eigenvalue weighted by atomic mass is 10.1. The van der Waals surface area contributed by atoms with Gasteiger partial charge in [0.2, 0.25) is 0 Å². The molecule has 0 bridgehead atoms. The minimum atomic E-state index is -0.630. The Kier molecular flexibility index (Phi) is 6.14. The molecule has 0 aliphatic rings. The van der Waals surface area contributed by atoms with E-state index in [0.717, 1.165) is 10.0 Å². The summed E-state index contributed by atoms with van der Waals surface area (Å²) in [7, 11) is 2.83. The Bertz CT molecular complexity index is 769. The van der Waals surface area contributed by atoms with Crippen LogP contribution >= 0.6 is 15.9 Å². The molecule has 5 nitrogen and oxygen atoms in total. The summed E-state index contributed by atoms with van der Waals surface area (Å²) < 4.78 is 10.6. The highest BCUT2D eigenvalue weighted by Crippen LogP contribution is 2.15. The van der Waals surface area contributed by atoms with E-state index in [0.29, 0.717) is 11.3 Å². The second kappa shape index (κ2) is 8.31. The highest BCUT2D eigenvalue weighted by molar-refractivity contribution is 9.10. The van der Waals surface area contributed by atoms with Crippen molar-refractivity contribution in [2.45, 2.75) is 0 Å². The Balaban J connectivity index is 2.26. The van der Waals surface area contributed by atoms with Crippen molar-refractivity contribution >= 4 is 33.9 Å². The molecule has 0 fully saturated rings. The Hall–Kier alpha value is -2.60. The number of hydrogen-bond acceptors (Lipinski definition) is 4. The van der Waals surface area contributed by atoms with Crippen LogP contribution in [0.3, 0.4) is 0 Å². The molecule has 0 saturated heterocycles. The summed E-state index contributed by atoms with van der Waals surface area (Å²) in [5.41, 5.74) is 1.20. The molecule has 2 aromatic rings. The third-order valence-electron chi connectivity index (χ3n) is 3.17. The molecule has 1 amide bonds. The third kappa shape index (κ3) is 4.70. The molecule has 0 unspecified atom stereocenters. The second-order valence-electron chi connectivity index (χ2n) is 4.79. The maximum atomic E-state index is 12.3. The van der Waals surface area contributed by atoms with Crippen LogP contribution in [-0.4, -0.2) is 26.1 Å². The van der Waals surface area contributed by atoms with Crippen LogP contribution in [0.15, 0.2) is 58.7 Å². The summed E-state index contributed by atoms with van der Waals surface area (Å²) in [5, 5.41) is 2.58. The number of carbonyl (C=O) groups is 2. The second-order valence-corrected chi connectivity index (χ2v) is 5.70. The molecule has 0 aromatic heterocycles. The Morgan fingerprint density at radius 3 is 2.38 bits per heavy atom. The van der Waals surface area contributed by atoms with Crippen LogP contribution < -0.4 is 10.1 Å². The molecule has 0 spiro atoms. The molecular weight excluding hydrogens is 374 g/mol. The average molecular weight is 390 g/mol. The van der Waals surface area contributed by atoms with Gasteiger partial charge in [-0.3, -0.25) is 4.79 Å². The Morgan fingerprint density at radius 2 is 1.79 bits per heavy atom. The van der Waals surface area contributed by atoms with Gasteiger partial charge in [0.05, 0.1) is 14.2 Å². The maximum absolute atomic E-state index is 12.3. The van der Waals surface area contributed by atoms with Gasteiger partial charge >= 0.3 is 5.97 Å². The van der Waals surface area contributed by atoms with E-state index in [-0.39, 0.29) is 5.70 Å². The molecule has 0 aliphatic carbocycles. The van der Waals surface area contributed by atoms with Crippen LogP contribution in [0.2, 0.25) is 0 Å². The third-order valence-corrected chi connectivity index (χ3v) is 3.66. The van der Waals surface area contributed by atoms with Gasteiger partial charge in [0.15, 0.2) is 0 Å². The predicted octanol–water partition coefficient (Wildman–Crippen LogP) is 3.40. The van der Waals surface area contributed by atoms with Crippen molar-refractivity contribution in [2.75, 3.05) is 14.2 Å². The molecule has 0 atom stereocenters. The molecule has 0 saturated carbocycles. The molecule has 24 heavy (non-hydrogen) atoms. The standard InChI is InChI=1S/C18H16BrNO4/c1-23-15-8-6-12(7-9-15)10-16(18(22)24-2)20-17(21)13-4-3-5-14(19)11-13/h3-11H,1-2H3,(H,20,21)/b16-10-. The SMILES string of the molecule is COC(=O)/C(=C/c1ccc(OC)cc1)NC(=O)c1cccc(Br)c1. The van der Waals surface area contributed by atoms with Crippen molar-refractivity contribution < 1.29 is 19.1 Å². The van der Waals surface area contributed by atoms with Gasteiger partial charge in [-0.1, -0.05) is 34.1 Å². The number of amides is 1. The van der Waals surface area contributed by atoms with E-state index in [1.807, 2.05) is 6.07 Å². The van der Waals surface area contributed by atoms with Crippen LogP contribution in [0, 0.1) is 0 Å². The smallest absolute Gasteiger partial charge is 0.354 e.